The maximum atomic E-state index is 12.7. The van der Waals surface area contributed by atoms with Gasteiger partial charge in [-0.25, -0.2) is 8.42 Å². The largest absolute Gasteiger partial charge is 0.491 e. The lowest BCUT2D eigenvalue weighted by atomic mass is 10.1. The Morgan fingerprint density at radius 1 is 1.12 bits per heavy atom. The van der Waals surface area contributed by atoms with Crippen LogP contribution in [0, 0.1) is 0 Å². The number of benzene rings is 2. The molecule has 2 amide bonds. The molecule has 1 aliphatic heterocycles. The number of nitrogens with one attached hydrogen (secondary N) is 1. The van der Waals surface area contributed by atoms with Crippen LogP contribution < -0.4 is 14.4 Å². The molecule has 0 unspecified atom stereocenters. The van der Waals surface area contributed by atoms with Crippen molar-refractivity contribution >= 4 is 27.5 Å². The lowest BCUT2D eigenvalue weighted by molar-refractivity contribution is -0.128. The zero-order valence-electron chi connectivity index (χ0n) is 19.3. The number of likely N-dealkylation sites (tertiary alicyclic amines) is 1. The summed E-state index contributed by atoms with van der Waals surface area (Å²) in [6.45, 7) is 4.96. The van der Waals surface area contributed by atoms with Gasteiger partial charge in [-0.2, -0.15) is 0 Å². The third-order valence-electron chi connectivity index (χ3n) is 5.31. The summed E-state index contributed by atoms with van der Waals surface area (Å²) >= 11 is 0. The van der Waals surface area contributed by atoms with Crippen LogP contribution in [0.4, 0.5) is 5.69 Å². The van der Waals surface area contributed by atoms with Crippen molar-refractivity contribution in [1.82, 2.24) is 10.2 Å². The summed E-state index contributed by atoms with van der Waals surface area (Å²) in [5, 5.41) is 2.81. The SMILES string of the molecule is CC(C)Oc1ccc(N(CC(=O)NCc2ccccc2CN2CCCC2=O)S(C)(=O)=O)cc1. The quantitative estimate of drug-likeness (QED) is 0.572. The molecule has 1 heterocycles. The Labute approximate surface area is 195 Å². The fraction of sp³-hybridized carbons (Fsp3) is 0.417. The fourth-order valence-electron chi connectivity index (χ4n) is 3.70. The van der Waals surface area contributed by atoms with E-state index in [-0.39, 0.29) is 25.1 Å². The molecule has 0 spiro atoms. The van der Waals surface area contributed by atoms with Crippen LogP contribution >= 0.6 is 0 Å². The highest BCUT2D eigenvalue weighted by Gasteiger charge is 2.22. The van der Waals surface area contributed by atoms with Crippen molar-refractivity contribution in [2.75, 3.05) is 23.7 Å². The molecular formula is C24H31N3O5S. The van der Waals surface area contributed by atoms with Crippen LogP contribution in [0.5, 0.6) is 5.75 Å². The predicted octanol–water partition coefficient (Wildman–Crippen LogP) is 2.68. The summed E-state index contributed by atoms with van der Waals surface area (Å²) in [6, 6.07) is 14.2. The smallest absolute Gasteiger partial charge is 0.241 e. The van der Waals surface area contributed by atoms with Crippen LogP contribution in [0.25, 0.3) is 0 Å². The molecule has 2 aromatic rings. The summed E-state index contributed by atoms with van der Waals surface area (Å²) in [4.78, 5) is 26.4. The molecule has 0 aliphatic carbocycles. The third kappa shape index (κ3) is 6.95. The molecule has 2 aromatic carbocycles. The van der Waals surface area contributed by atoms with E-state index in [1.54, 1.807) is 24.3 Å². The second-order valence-electron chi connectivity index (χ2n) is 8.39. The molecule has 1 aliphatic rings. The first-order valence-electron chi connectivity index (χ1n) is 11.0. The van der Waals surface area contributed by atoms with Gasteiger partial charge in [0, 0.05) is 26.1 Å². The number of amides is 2. The van der Waals surface area contributed by atoms with Crippen LogP contribution in [-0.4, -0.2) is 50.6 Å². The van der Waals surface area contributed by atoms with Gasteiger partial charge in [0.25, 0.3) is 0 Å². The first kappa shape index (κ1) is 24.6. The number of nitrogens with zero attached hydrogens (tertiary/aromatic N) is 2. The molecule has 1 N–H and O–H groups in total. The van der Waals surface area contributed by atoms with Gasteiger partial charge in [-0.05, 0) is 55.7 Å². The van der Waals surface area contributed by atoms with Crippen LogP contribution in [0.3, 0.4) is 0 Å². The van der Waals surface area contributed by atoms with Gasteiger partial charge >= 0.3 is 0 Å². The first-order chi connectivity index (χ1) is 15.6. The summed E-state index contributed by atoms with van der Waals surface area (Å²) in [6.07, 6.45) is 2.51. The highest BCUT2D eigenvalue weighted by Crippen LogP contribution is 2.22. The molecule has 1 saturated heterocycles. The number of sulfonamides is 1. The molecule has 0 aromatic heterocycles. The first-order valence-corrected chi connectivity index (χ1v) is 12.8. The molecule has 3 rings (SSSR count). The molecule has 9 heteroatoms. The Hall–Kier alpha value is -3.07. The van der Waals surface area contributed by atoms with Gasteiger partial charge in [0.1, 0.15) is 12.3 Å². The number of carbonyl (C=O) groups is 2. The van der Waals surface area contributed by atoms with E-state index < -0.39 is 15.9 Å². The third-order valence-corrected chi connectivity index (χ3v) is 6.45. The van der Waals surface area contributed by atoms with Gasteiger partial charge in [-0.3, -0.25) is 13.9 Å². The number of ether oxygens (including phenoxy) is 1. The van der Waals surface area contributed by atoms with Gasteiger partial charge < -0.3 is 15.0 Å². The molecule has 8 nitrogen and oxygen atoms in total. The minimum atomic E-state index is -3.67. The number of hydrogen-bond donors (Lipinski definition) is 1. The van der Waals surface area contributed by atoms with Crippen molar-refractivity contribution in [2.24, 2.45) is 0 Å². The van der Waals surface area contributed by atoms with Gasteiger partial charge in [-0.15, -0.1) is 0 Å². The second kappa shape index (κ2) is 10.7. The average molecular weight is 474 g/mol. The topological polar surface area (TPSA) is 96.0 Å². The van der Waals surface area contributed by atoms with Crippen LogP contribution in [0.2, 0.25) is 0 Å². The van der Waals surface area contributed by atoms with E-state index in [4.69, 9.17) is 4.74 Å². The van der Waals surface area contributed by atoms with Crippen molar-refractivity contribution in [2.45, 2.75) is 45.9 Å². The van der Waals surface area contributed by atoms with Crippen molar-refractivity contribution in [3.05, 3.63) is 59.7 Å². The normalized spacial score (nSPS) is 13.9. The van der Waals surface area contributed by atoms with E-state index in [1.165, 1.54) is 0 Å². The minimum absolute atomic E-state index is 0.000828. The van der Waals surface area contributed by atoms with Crippen LogP contribution in [0.15, 0.2) is 48.5 Å². The predicted molar refractivity (Wildman–Crippen MR) is 127 cm³/mol. The van der Waals surface area contributed by atoms with Gasteiger partial charge in [0.2, 0.25) is 21.8 Å². The summed E-state index contributed by atoms with van der Waals surface area (Å²) < 4.78 is 31.4. The maximum absolute atomic E-state index is 12.7. The molecule has 1 fully saturated rings. The van der Waals surface area contributed by atoms with E-state index in [1.807, 2.05) is 43.0 Å². The zero-order valence-corrected chi connectivity index (χ0v) is 20.1. The van der Waals surface area contributed by atoms with Crippen molar-refractivity contribution in [3.8, 4) is 5.75 Å². The minimum Gasteiger partial charge on any atom is -0.491 e. The fourth-order valence-corrected chi connectivity index (χ4v) is 4.56. The van der Waals surface area contributed by atoms with Crippen molar-refractivity contribution in [3.63, 3.8) is 0 Å². The second-order valence-corrected chi connectivity index (χ2v) is 10.3. The van der Waals surface area contributed by atoms with Gasteiger partial charge in [-0.1, -0.05) is 24.3 Å². The highest BCUT2D eigenvalue weighted by atomic mass is 32.2. The number of carbonyl (C=O) groups excluding carboxylic acids is 2. The molecule has 0 radical (unpaired) electrons. The number of hydrogen-bond acceptors (Lipinski definition) is 5. The van der Waals surface area contributed by atoms with Gasteiger partial charge in [0.05, 0.1) is 18.0 Å². The molecule has 178 valence electrons. The molecular weight excluding hydrogens is 442 g/mol. The Morgan fingerprint density at radius 2 is 1.79 bits per heavy atom. The van der Waals surface area contributed by atoms with Crippen molar-refractivity contribution in [1.29, 1.82) is 0 Å². The number of rotatable bonds is 10. The van der Waals surface area contributed by atoms with E-state index in [0.29, 0.717) is 24.4 Å². The Balaban J connectivity index is 1.65. The zero-order chi connectivity index (χ0) is 24.0. The summed E-state index contributed by atoms with van der Waals surface area (Å²) in [5.74, 6) is 0.345. The van der Waals surface area contributed by atoms with Crippen molar-refractivity contribution < 1.29 is 22.7 Å². The number of anilines is 1. The maximum Gasteiger partial charge on any atom is 0.241 e. The monoisotopic (exact) mass is 473 g/mol. The Morgan fingerprint density at radius 3 is 2.36 bits per heavy atom. The van der Waals surface area contributed by atoms with Crippen LogP contribution in [0.1, 0.15) is 37.8 Å². The molecule has 33 heavy (non-hydrogen) atoms. The summed E-state index contributed by atoms with van der Waals surface area (Å²) in [5.41, 5.74) is 2.25. The Bertz CT molecular complexity index is 1080. The Kier molecular flexibility index (Phi) is 7.97. The van der Waals surface area contributed by atoms with Crippen LogP contribution in [-0.2, 0) is 32.7 Å². The van der Waals surface area contributed by atoms with E-state index in [0.717, 1.165) is 34.7 Å². The van der Waals surface area contributed by atoms with E-state index >= 15 is 0 Å². The highest BCUT2D eigenvalue weighted by molar-refractivity contribution is 7.92. The van der Waals surface area contributed by atoms with E-state index in [9.17, 15) is 18.0 Å². The average Bonchev–Trinajstić information content (AvgIpc) is 3.15. The van der Waals surface area contributed by atoms with E-state index in [2.05, 4.69) is 5.32 Å². The standard InChI is InChI=1S/C24H31N3O5S/c1-18(2)32-22-12-10-21(11-13-22)27(33(3,30)31)17-23(28)25-15-19-7-4-5-8-20(19)16-26-14-6-9-24(26)29/h4-5,7-8,10-13,18H,6,9,14-17H2,1-3H3,(H,25,28). The summed E-state index contributed by atoms with van der Waals surface area (Å²) in [7, 11) is -3.67. The lowest BCUT2D eigenvalue weighted by Crippen LogP contribution is -2.40. The molecule has 0 atom stereocenters. The van der Waals surface area contributed by atoms with Gasteiger partial charge in [0.15, 0.2) is 0 Å². The molecule has 0 saturated carbocycles. The molecule has 0 bridgehead atoms. The lowest BCUT2D eigenvalue weighted by Gasteiger charge is -2.23.